The molecule has 0 saturated heterocycles. The van der Waals surface area contributed by atoms with Crippen LogP contribution < -0.4 is 5.32 Å². The van der Waals surface area contributed by atoms with Crippen LogP contribution in [0.5, 0.6) is 0 Å². The van der Waals surface area contributed by atoms with Crippen LogP contribution in [0, 0.1) is 6.92 Å². The maximum Gasteiger partial charge on any atom is 0.253 e. The van der Waals surface area contributed by atoms with Crippen molar-refractivity contribution in [3.05, 3.63) is 78.0 Å². The third-order valence-electron chi connectivity index (χ3n) is 3.46. The van der Waals surface area contributed by atoms with E-state index in [9.17, 15) is 4.79 Å². The Morgan fingerprint density at radius 3 is 2.39 bits per heavy atom. The van der Waals surface area contributed by atoms with E-state index in [4.69, 9.17) is 0 Å². The van der Waals surface area contributed by atoms with Gasteiger partial charge in [0.15, 0.2) is 0 Å². The maximum atomic E-state index is 12.2. The summed E-state index contributed by atoms with van der Waals surface area (Å²) in [5.74, 6) is -0.145. The third kappa shape index (κ3) is 3.77. The molecule has 0 fully saturated rings. The summed E-state index contributed by atoms with van der Waals surface area (Å²) in [4.78, 5) is 24.4. The number of aryl methyl sites for hydroxylation is 1. The monoisotopic (exact) mass is 304 g/mol. The van der Waals surface area contributed by atoms with Crippen LogP contribution in [0.15, 0.2) is 61.3 Å². The van der Waals surface area contributed by atoms with Crippen molar-refractivity contribution in [2.24, 2.45) is 0 Å². The standard InChI is InChI=1S/C18H16N4O/c1-13-2-4-14(5-3-13)8-22-18(23)15-6-7-17(21-11-15)16-9-19-12-20-10-16/h2-7,9-12H,8H2,1H3,(H,22,23). The Kier molecular flexibility index (Phi) is 4.38. The van der Waals surface area contributed by atoms with Gasteiger partial charge in [0.2, 0.25) is 0 Å². The first-order valence-electron chi connectivity index (χ1n) is 7.27. The molecule has 23 heavy (non-hydrogen) atoms. The summed E-state index contributed by atoms with van der Waals surface area (Å²) < 4.78 is 0. The highest BCUT2D eigenvalue weighted by atomic mass is 16.1. The number of benzene rings is 1. The summed E-state index contributed by atoms with van der Waals surface area (Å²) in [6.07, 6.45) is 6.40. The smallest absolute Gasteiger partial charge is 0.253 e. The normalized spacial score (nSPS) is 10.3. The number of aromatic nitrogens is 3. The molecule has 0 atom stereocenters. The second-order valence-electron chi connectivity index (χ2n) is 5.23. The largest absolute Gasteiger partial charge is 0.348 e. The number of carbonyl (C=O) groups is 1. The van der Waals surface area contributed by atoms with Crippen molar-refractivity contribution >= 4 is 5.91 Å². The Bertz CT molecular complexity index is 784. The number of rotatable bonds is 4. The molecule has 0 aliphatic carbocycles. The first kappa shape index (κ1) is 14.8. The number of hydrogen-bond donors (Lipinski definition) is 1. The third-order valence-corrected chi connectivity index (χ3v) is 3.46. The van der Waals surface area contributed by atoms with Gasteiger partial charge in [0, 0.05) is 30.7 Å². The quantitative estimate of drug-likeness (QED) is 0.805. The number of amides is 1. The zero-order valence-corrected chi connectivity index (χ0v) is 12.7. The van der Waals surface area contributed by atoms with E-state index in [1.165, 1.54) is 11.9 Å². The zero-order chi connectivity index (χ0) is 16.1. The van der Waals surface area contributed by atoms with Gasteiger partial charge in [-0.2, -0.15) is 0 Å². The molecule has 1 aromatic carbocycles. The van der Waals surface area contributed by atoms with E-state index in [0.29, 0.717) is 12.1 Å². The van der Waals surface area contributed by atoms with Crippen LogP contribution in [0.1, 0.15) is 21.5 Å². The molecule has 2 aromatic heterocycles. The summed E-state index contributed by atoms with van der Waals surface area (Å²) in [5, 5.41) is 2.89. The Morgan fingerprint density at radius 1 is 1.00 bits per heavy atom. The van der Waals surface area contributed by atoms with E-state index in [2.05, 4.69) is 20.3 Å². The van der Waals surface area contributed by atoms with Crippen molar-refractivity contribution in [1.29, 1.82) is 0 Å². The Balaban J connectivity index is 1.65. The van der Waals surface area contributed by atoms with Gasteiger partial charge in [-0.05, 0) is 24.6 Å². The molecule has 5 nitrogen and oxygen atoms in total. The Morgan fingerprint density at radius 2 is 1.74 bits per heavy atom. The first-order valence-corrected chi connectivity index (χ1v) is 7.27. The molecule has 0 spiro atoms. The van der Waals surface area contributed by atoms with Gasteiger partial charge in [0.05, 0.1) is 11.3 Å². The predicted molar refractivity (Wildman–Crippen MR) is 87.6 cm³/mol. The van der Waals surface area contributed by atoms with Gasteiger partial charge in [-0.3, -0.25) is 9.78 Å². The molecule has 0 aliphatic heterocycles. The highest BCUT2D eigenvalue weighted by molar-refractivity contribution is 5.94. The molecular weight excluding hydrogens is 288 g/mol. The number of nitrogens with one attached hydrogen (secondary N) is 1. The second-order valence-corrected chi connectivity index (χ2v) is 5.23. The van der Waals surface area contributed by atoms with E-state index in [1.54, 1.807) is 30.7 Å². The fraction of sp³-hybridized carbons (Fsp3) is 0.111. The number of carbonyl (C=O) groups excluding carboxylic acids is 1. The molecule has 0 radical (unpaired) electrons. The van der Waals surface area contributed by atoms with Crippen molar-refractivity contribution < 1.29 is 4.79 Å². The van der Waals surface area contributed by atoms with Gasteiger partial charge in [-0.1, -0.05) is 29.8 Å². The molecule has 0 unspecified atom stereocenters. The molecular formula is C18H16N4O. The van der Waals surface area contributed by atoms with Crippen LogP contribution >= 0.6 is 0 Å². The van der Waals surface area contributed by atoms with E-state index in [-0.39, 0.29) is 5.91 Å². The van der Waals surface area contributed by atoms with Crippen molar-refractivity contribution in [1.82, 2.24) is 20.3 Å². The van der Waals surface area contributed by atoms with Crippen LogP contribution in [0.2, 0.25) is 0 Å². The van der Waals surface area contributed by atoms with E-state index in [0.717, 1.165) is 16.8 Å². The number of hydrogen-bond acceptors (Lipinski definition) is 4. The minimum Gasteiger partial charge on any atom is -0.348 e. The van der Waals surface area contributed by atoms with E-state index < -0.39 is 0 Å². The van der Waals surface area contributed by atoms with Crippen LogP contribution in [-0.2, 0) is 6.54 Å². The van der Waals surface area contributed by atoms with Crippen LogP contribution in [0.3, 0.4) is 0 Å². The molecule has 3 rings (SSSR count). The van der Waals surface area contributed by atoms with E-state index in [1.807, 2.05) is 31.2 Å². The van der Waals surface area contributed by atoms with Gasteiger partial charge in [0.1, 0.15) is 6.33 Å². The second kappa shape index (κ2) is 6.79. The average Bonchev–Trinajstić information content (AvgIpc) is 2.62. The molecule has 3 aromatic rings. The SMILES string of the molecule is Cc1ccc(CNC(=O)c2ccc(-c3cncnc3)nc2)cc1. The van der Waals surface area contributed by atoms with Crippen molar-refractivity contribution in [3.8, 4) is 11.3 Å². The molecule has 1 N–H and O–H groups in total. The van der Waals surface area contributed by atoms with Gasteiger partial charge in [0.25, 0.3) is 5.91 Å². The Hall–Kier alpha value is -3.08. The lowest BCUT2D eigenvalue weighted by Crippen LogP contribution is -2.22. The fourth-order valence-corrected chi connectivity index (χ4v) is 2.12. The molecule has 114 valence electrons. The van der Waals surface area contributed by atoms with Crippen LogP contribution in [-0.4, -0.2) is 20.9 Å². The molecule has 0 saturated carbocycles. The molecule has 0 aliphatic rings. The maximum absolute atomic E-state index is 12.2. The van der Waals surface area contributed by atoms with Gasteiger partial charge < -0.3 is 5.32 Å². The lowest BCUT2D eigenvalue weighted by Gasteiger charge is -2.06. The van der Waals surface area contributed by atoms with Crippen molar-refractivity contribution in [2.45, 2.75) is 13.5 Å². The number of nitrogens with zero attached hydrogens (tertiary/aromatic N) is 3. The van der Waals surface area contributed by atoms with Crippen LogP contribution in [0.25, 0.3) is 11.3 Å². The minimum absolute atomic E-state index is 0.145. The van der Waals surface area contributed by atoms with E-state index >= 15 is 0 Å². The highest BCUT2D eigenvalue weighted by Crippen LogP contribution is 2.14. The average molecular weight is 304 g/mol. The topological polar surface area (TPSA) is 67.8 Å². The highest BCUT2D eigenvalue weighted by Gasteiger charge is 2.07. The van der Waals surface area contributed by atoms with Gasteiger partial charge in [-0.25, -0.2) is 9.97 Å². The van der Waals surface area contributed by atoms with Crippen molar-refractivity contribution in [3.63, 3.8) is 0 Å². The summed E-state index contributed by atoms with van der Waals surface area (Å²) in [6, 6.07) is 11.6. The zero-order valence-electron chi connectivity index (χ0n) is 12.7. The molecule has 5 heteroatoms. The Labute approximate surface area is 134 Å². The lowest BCUT2D eigenvalue weighted by molar-refractivity contribution is 0.0950. The predicted octanol–water partition coefficient (Wildman–Crippen LogP) is 2.78. The van der Waals surface area contributed by atoms with Crippen LogP contribution in [0.4, 0.5) is 0 Å². The summed E-state index contributed by atoms with van der Waals surface area (Å²) in [5.41, 5.74) is 4.34. The summed E-state index contributed by atoms with van der Waals surface area (Å²) in [6.45, 7) is 2.53. The molecule has 1 amide bonds. The van der Waals surface area contributed by atoms with Gasteiger partial charge in [-0.15, -0.1) is 0 Å². The summed E-state index contributed by atoms with van der Waals surface area (Å²) >= 11 is 0. The number of pyridine rings is 1. The molecule has 2 heterocycles. The summed E-state index contributed by atoms with van der Waals surface area (Å²) in [7, 11) is 0. The minimum atomic E-state index is -0.145. The van der Waals surface area contributed by atoms with Gasteiger partial charge >= 0.3 is 0 Å². The fourth-order valence-electron chi connectivity index (χ4n) is 2.12. The van der Waals surface area contributed by atoms with Crippen molar-refractivity contribution in [2.75, 3.05) is 0 Å². The lowest BCUT2D eigenvalue weighted by atomic mass is 10.1. The first-order chi connectivity index (χ1) is 11.2. The molecule has 0 bridgehead atoms.